The van der Waals surface area contributed by atoms with E-state index in [9.17, 15) is 19.2 Å². The summed E-state index contributed by atoms with van der Waals surface area (Å²) in [5, 5.41) is 4.21. The van der Waals surface area contributed by atoms with Gasteiger partial charge < -0.3 is 4.74 Å². The van der Waals surface area contributed by atoms with Crippen molar-refractivity contribution in [3.05, 3.63) is 94.5 Å². The highest BCUT2D eigenvalue weighted by Gasteiger charge is 2.69. The fraction of sp³-hybridized carbons (Fsp3) is 0.281. The number of nitrogens with one attached hydrogen (secondary N) is 1. The Kier molecular flexibility index (Phi) is 5.53. The van der Waals surface area contributed by atoms with E-state index in [4.69, 9.17) is 9.72 Å². The summed E-state index contributed by atoms with van der Waals surface area (Å²) in [6.07, 6.45) is 0.654. The summed E-state index contributed by atoms with van der Waals surface area (Å²) in [6.45, 7) is 5.48. The van der Waals surface area contributed by atoms with Crippen molar-refractivity contribution in [3.8, 4) is 11.4 Å². The summed E-state index contributed by atoms with van der Waals surface area (Å²) >= 11 is 0. The molecule has 206 valence electrons. The van der Waals surface area contributed by atoms with Gasteiger partial charge in [-0.05, 0) is 54.8 Å². The Balaban J connectivity index is 1.45. The number of carbonyl (C=O) groups is 3. The molecule has 0 saturated carbocycles. The van der Waals surface area contributed by atoms with Crippen LogP contribution in [0.25, 0.3) is 16.6 Å². The molecule has 4 atom stereocenters. The van der Waals surface area contributed by atoms with Gasteiger partial charge in [0.1, 0.15) is 17.1 Å². The van der Waals surface area contributed by atoms with E-state index >= 15 is 0 Å². The topological polar surface area (TPSA) is 111 Å². The molecular formula is C32H28N4O5. The summed E-state index contributed by atoms with van der Waals surface area (Å²) in [7, 11) is 0. The molecule has 3 aliphatic heterocycles. The zero-order valence-electron chi connectivity index (χ0n) is 22.8. The number of hydrogen-bond donors (Lipinski definition) is 1. The quantitative estimate of drug-likeness (QED) is 0.235. The molecule has 4 heterocycles. The van der Waals surface area contributed by atoms with Crippen LogP contribution in [0.5, 0.6) is 5.75 Å². The van der Waals surface area contributed by atoms with Gasteiger partial charge in [-0.2, -0.15) is 0 Å². The molecule has 1 aromatic heterocycles. The lowest BCUT2D eigenvalue weighted by Gasteiger charge is -2.32. The average molecular weight is 549 g/mol. The highest BCUT2D eigenvalue weighted by Crippen LogP contribution is 2.56. The average Bonchev–Trinajstić information content (AvgIpc) is 3.52. The van der Waals surface area contributed by atoms with E-state index < -0.39 is 23.3 Å². The van der Waals surface area contributed by atoms with Gasteiger partial charge in [0.15, 0.2) is 0 Å². The van der Waals surface area contributed by atoms with Gasteiger partial charge in [0.05, 0.1) is 34.1 Å². The van der Waals surface area contributed by atoms with Gasteiger partial charge in [0.25, 0.3) is 5.56 Å². The van der Waals surface area contributed by atoms with Crippen LogP contribution >= 0.6 is 0 Å². The van der Waals surface area contributed by atoms with Gasteiger partial charge in [-0.3, -0.25) is 29.1 Å². The Bertz CT molecular complexity index is 1830. The highest BCUT2D eigenvalue weighted by atomic mass is 16.5. The van der Waals surface area contributed by atoms with Gasteiger partial charge in [0, 0.05) is 18.5 Å². The Hall–Kier alpha value is -4.63. The standard InChI is InChI=1S/C32H28N4O5/c1-17(2)16-24-26-27(30(40)35(29(26)39)19-12-14-20(15-13-19)41-18(3)37)32(34-24)22-9-5-7-11-25(22)36-28(38)21-8-4-6-10-23(21)33-31(32)36/h4-15,17,24,26-27,34H,16H2,1-3H3. The zero-order chi connectivity index (χ0) is 28.6. The van der Waals surface area contributed by atoms with Gasteiger partial charge >= 0.3 is 5.97 Å². The van der Waals surface area contributed by atoms with Gasteiger partial charge in [0.2, 0.25) is 11.8 Å². The van der Waals surface area contributed by atoms with E-state index in [1.807, 2.05) is 30.3 Å². The highest BCUT2D eigenvalue weighted by molar-refractivity contribution is 6.23. The van der Waals surface area contributed by atoms with Gasteiger partial charge in [-0.1, -0.05) is 44.2 Å². The van der Waals surface area contributed by atoms with Crippen LogP contribution in [0.2, 0.25) is 0 Å². The molecule has 1 N–H and O–H groups in total. The monoisotopic (exact) mass is 548 g/mol. The summed E-state index contributed by atoms with van der Waals surface area (Å²) in [5.74, 6) is -1.61. The van der Waals surface area contributed by atoms with Crippen LogP contribution in [-0.2, 0) is 19.9 Å². The maximum atomic E-state index is 14.5. The first-order valence-electron chi connectivity index (χ1n) is 13.8. The summed E-state index contributed by atoms with van der Waals surface area (Å²) in [6, 6.07) is 20.7. The predicted octanol–water partition coefficient (Wildman–Crippen LogP) is 3.69. The number of amides is 2. The van der Waals surface area contributed by atoms with Gasteiger partial charge in [-0.25, -0.2) is 9.88 Å². The molecule has 2 saturated heterocycles. The third-order valence-electron chi connectivity index (χ3n) is 8.44. The predicted molar refractivity (Wildman–Crippen MR) is 152 cm³/mol. The molecule has 9 heteroatoms. The second-order valence-corrected chi connectivity index (χ2v) is 11.4. The number of rotatable bonds is 4. The van der Waals surface area contributed by atoms with Crippen molar-refractivity contribution >= 4 is 34.4 Å². The molecule has 0 radical (unpaired) electrons. The smallest absolute Gasteiger partial charge is 0.308 e. The number of imide groups is 1. The molecule has 7 rings (SSSR count). The fourth-order valence-corrected chi connectivity index (χ4v) is 7.01. The Morgan fingerprint density at radius 3 is 2.41 bits per heavy atom. The zero-order valence-corrected chi connectivity index (χ0v) is 22.8. The molecule has 4 aromatic rings. The molecule has 9 nitrogen and oxygen atoms in total. The first-order valence-corrected chi connectivity index (χ1v) is 13.8. The van der Waals surface area contributed by atoms with Gasteiger partial charge in [-0.15, -0.1) is 0 Å². The first-order chi connectivity index (χ1) is 19.7. The Labute approximate surface area is 235 Å². The lowest BCUT2D eigenvalue weighted by atomic mass is 9.75. The summed E-state index contributed by atoms with van der Waals surface area (Å²) < 4.78 is 6.75. The SMILES string of the molecule is CC(=O)Oc1ccc(N2C(=O)C3C(CC(C)C)NC4(c5ccccc5-n5c4nc4ccccc4c5=O)C3C2=O)cc1. The number of ether oxygens (including phenoxy) is 1. The van der Waals surface area contributed by atoms with Crippen LogP contribution < -0.4 is 20.5 Å². The van der Waals surface area contributed by atoms with Crippen molar-refractivity contribution in [1.29, 1.82) is 0 Å². The maximum absolute atomic E-state index is 14.5. The molecule has 0 bridgehead atoms. The normalized spacial score (nSPS) is 24.3. The molecule has 2 fully saturated rings. The number of fused-ring (bicyclic) bond motifs is 8. The summed E-state index contributed by atoms with van der Waals surface area (Å²) in [5.41, 5.74) is 0.967. The van der Waals surface area contributed by atoms with Crippen molar-refractivity contribution in [1.82, 2.24) is 14.9 Å². The minimum Gasteiger partial charge on any atom is -0.427 e. The molecule has 4 unspecified atom stereocenters. The van der Waals surface area contributed by atoms with E-state index in [1.54, 1.807) is 47.0 Å². The van der Waals surface area contributed by atoms with Crippen molar-refractivity contribution in [3.63, 3.8) is 0 Å². The number of anilines is 1. The third kappa shape index (κ3) is 3.48. The molecule has 2 amide bonds. The first kappa shape index (κ1) is 25.3. The third-order valence-corrected chi connectivity index (χ3v) is 8.44. The number of benzene rings is 3. The van der Waals surface area contributed by atoms with Crippen LogP contribution in [0.4, 0.5) is 5.69 Å². The van der Waals surface area contributed by atoms with E-state index in [-0.39, 0.29) is 29.3 Å². The van der Waals surface area contributed by atoms with Crippen molar-refractivity contribution in [2.75, 3.05) is 4.90 Å². The minimum atomic E-state index is -1.18. The summed E-state index contributed by atoms with van der Waals surface area (Å²) in [4.78, 5) is 60.2. The van der Waals surface area contributed by atoms with E-state index in [0.29, 0.717) is 40.3 Å². The van der Waals surface area contributed by atoms with Crippen LogP contribution in [0.1, 0.15) is 38.6 Å². The lowest BCUT2D eigenvalue weighted by molar-refractivity contribution is -0.132. The Morgan fingerprint density at radius 2 is 1.68 bits per heavy atom. The second-order valence-electron chi connectivity index (χ2n) is 11.4. The van der Waals surface area contributed by atoms with Crippen LogP contribution in [0, 0.1) is 17.8 Å². The van der Waals surface area contributed by atoms with Crippen molar-refractivity contribution in [2.24, 2.45) is 17.8 Å². The number of aromatic nitrogens is 2. The maximum Gasteiger partial charge on any atom is 0.308 e. The number of carbonyl (C=O) groups excluding carboxylic acids is 3. The molecule has 3 aromatic carbocycles. The second kappa shape index (κ2) is 8.94. The van der Waals surface area contributed by atoms with E-state index in [2.05, 4.69) is 19.2 Å². The molecule has 41 heavy (non-hydrogen) atoms. The molecule has 3 aliphatic rings. The van der Waals surface area contributed by atoms with E-state index in [0.717, 1.165) is 5.56 Å². The number of nitrogens with zero attached hydrogens (tertiary/aromatic N) is 3. The molecular weight excluding hydrogens is 520 g/mol. The number of esters is 1. The largest absolute Gasteiger partial charge is 0.427 e. The Morgan fingerprint density at radius 1 is 0.976 bits per heavy atom. The van der Waals surface area contributed by atoms with Crippen LogP contribution in [-0.4, -0.2) is 33.4 Å². The number of hydrogen-bond acceptors (Lipinski definition) is 7. The van der Waals surface area contributed by atoms with E-state index in [1.165, 1.54) is 11.8 Å². The minimum absolute atomic E-state index is 0.213. The van der Waals surface area contributed by atoms with Crippen molar-refractivity contribution < 1.29 is 19.1 Å². The molecule has 0 aliphatic carbocycles. The van der Waals surface area contributed by atoms with Crippen LogP contribution in [0.3, 0.4) is 0 Å². The van der Waals surface area contributed by atoms with Crippen molar-refractivity contribution in [2.45, 2.75) is 38.8 Å². The molecule has 1 spiro atoms. The van der Waals surface area contributed by atoms with Crippen LogP contribution in [0.15, 0.2) is 77.6 Å². The number of para-hydroxylation sites is 2. The fourth-order valence-electron chi connectivity index (χ4n) is 7.01. The lowest BCUT2D eigenvalue weighted by Crippen LogP contribution is -2.50.